The lowest BCUT2D eigenvalue weighted by Crippen LogP contribution is -2.21. The maximum atomic E-state index is 12.4. The number of methoxy groups -OCH3 is 1. The summed E-state index contributed by atoms with van der Waals surface area (Å²) < 4.78 is 33.5. The number of nitrogens with two attached hydrogens (primary N) is 1. The van der Waals surface area contributed by atoms with E-state index < -0.39 is 10.0 Å². The summed E-state index contributed by atoms with van der Waals surface area (Å²) in [6, 6.07) is 6.10. The van der Waals surface area contributed by atoms with E-state index in [4.69, 9.17) is 15.9 Å². The number of anilines is 1. The van der Waals surface area contributed by atoms with E-state index in [0.717, 1.165) is 0 Å². The van der Waals surface area contributed by atoms with E-state index >= 15 is 0 Å². The molecule has 8 nitrogen and oxygen atoms in total. The lowest BCUT2D eigenvalue weighted by Gasteiger charge is -2.15. The summed E-state index contributed by atoms with van der Waals surface area (Å²) in [5.74, 6) is 0.00468. The minimum atomic E-state index is -3.87. The molecule has 0 amide bonds. The van der Waals surface area contributed by atoms with Gasteiger partial charge >= 0.3 is 0 Å². The first-order chi connectivity index (χ1) is 9.86. The molecule has 112 valence electrons. The zero-order valence-corrected chi connectivity index (χ0v) is 12.3. The van der Waals surface area contributed by atoms with Crippen molar-refractivity contribution in [2.24, 2.45) is 12.8 Å². The first-order valence-electron chi connectivity index (χ1n) is 5.89. The van der Waals surface area contributed by atoms with Gasteiger partial charge in [-0.2, -0.15) is 13.5 Å². The van der Waals surface area contributed by atoms with Crippen molar-refractivity contribution in [3.05, 3.63) is 36.0 Å². The number of nitrogen functional groups attached to an aromatic ring is 1. The summed E-state index contributed by atoms with van der Waals surface area (Å²) >= 11 is 0. The monoisotopic (exact) mass is 309 g/mol. The maximum Gasteiger partial charge on any atom is 0.279 e. The molecule has 0 aliphatic rings. The number of para-hydroxylation sites is 1. The third kappa shape index (κ3) is 2.82. The summed E-state index contributed by atoms with van der Waals surface area (Å²) in [4.78, 5) is 0. The number of aromatic nitrogens is 2. The second kappa shape index (κ2) is 5.44. The predicted octanol–water partition coefficient (Wildman–Crippen LogP) is 0.514. The molecule has 0 saturated carbocycles. The molecule has 21 heavy (non-hydrogen) atoms. The van der Waals surface area contributed by atoms with Gasteiger partial charge in [0.1, 0.15) is 17.3 Å². The summed E-state index contributed by atoms with van der Waals surface area (Å²) in [5, 5.41) is 11.4. The summed E-state index contributed by atoms with van der Waals surface area (Å²) in [6.45, 7) is 0. The smallest absolute Gasteiger partial charge is 0.279 e. The number of sulfonamides is 1. The molecule has 2 aromatic rings. The molecular formula is C12H15N5O3S. The Bertz CT molecular complexity index is 782. The van der Waals surface area contributed by atoms with Crippen molar-refractivity contribution < 1.29 is 13.2 Å². The highest BCUT2D eigenvalue weighted by atomic mass is 32.2. The number of nitrogens with zero attached hydrogens (tertiary/aromatic N) is 2. The first-order valence-corrected chi connectivity index (χ1v) is 7.37. The minimum Gasteiger partial charge on any atom is -0.495 e. The molecule has 1 heterocycles. The van der Waals surface area contributed by atoms with Gasteiger partial charge in [-0.25, -0.2) is 0 Å². The predicted molar refractivity (Wildman–Crippen MR) is 78.0 cm³/mol. The van der Waals surface area contributed by atoms with Gasteiger partial charge in [-0.15, -0.1) is 0 Å². The van der Waals surface area contributed by atoms with Crippen molar-refractivity contribution in [2.45, 2.75) is 5.03 Å². The van der Waals surface area contributed by atoms with Crippen LogP contribution in [0.4, 0.5) is 5.69 Å². The lowest BCUT2D eigenvalue weighted by atomic mass is 10.1. The zero-order chi connectivity index (χ0) is 15.6. The number of rotatable bonds is 5. The lowest BCUT2D eigenvalue weighted by molar-refractivity contribution is 0.417. The van der Waals surface area contributed by atoms with Crippen LogP contribution in [0.2, 0.25) is 0 Å². The molecule has 4 N–H and O–H groups in total. The highest BCUT2D eigenvalue weighted by Crippen LogP contribution is 2.30. The topological polar surface area (TPSA) is 123 Å². The highest BCUT2D eigenvalue weighted by Gasteiger charge is 2.22. The van der Waals surface area contributed by atoms with Crippen LogP contribution in [-0.2, 0) is 17.1 Å². The second-order valence-electron chi connectivity index (χ2n) is 4.20. The third-order valence-corrected chi connectivity index (χ3v) is 4.25. The molecule has 0 radical (unpaired) electrons. The highest BCUT2D eigenvalue weighted by molar-refractivity contribution is 7.92. The summed E-state index contributed by atoms with van der Waals surface area (Å²) in [5.41, 5.74) is 5.84. The number of hydrogen-bond acceptors (Lipinski definition) is 5. The van der Waals surface area contributed by atoms with Gasteiger partial charge < -0.3 is 10.5 Å². The van der Waals surface area contributed by atoms with Gasteiger partial charge in [0.05, 0.1) is 13.3 Å². The Labute approximate surface area is 122 Å². The van der Waals surface area contributed by atoms with Crippen molar-refractivity contribution in [2.75, 3.05) is 11.8 Å². The Hall–Kier alpha value is -2.55. The SMILES string of the molecule is COc1cccc(C(=N)N)c1NS(=O)(=O)c1ccnn1C. The molecule has 9 heteroatoms. The van der Waals surface area contributed by atoms with Gasteiger partial charge in [0.2, 0.25) is 0 Å². The number of amidine groups is 1. The van der Waals surface area contributed by atoms with Gasteiger partial charge in [0, 0.05) is 12.6 Å². The second-order valence-corrected chi connectivity index (χ2v) is 5.82. The van der Waals surface area contributed by atoms with Crippen LogP contribution in [0.25, 0.3) is 0 Å². The normalized spacial score (nSPS) is 11.1. The molecule has 0 aliphatic carbocycles. The van der Waals surface area contributed by atoms with Crippen LogP contribution in [0.5, 0.6) is 5.75 Å². The molecule has 0 aliphatic heterocycles. The molecule has 0 unspecified atom stereocenters. The maximum absolute atomic E-state index is 12.4. The van der Waals surface area contributed by atoms with Gasteiger partial charge in [-0.05, 0) is 18.2 Å². The Kier molecular flexibility index (Phi) is 3.85. The molecule has 1 aromatic heterocycles. The molecular weight excluding hydrogens is 294 g/mol. The fourth-order valence-corrected chi connectivity index (χ4v) is 3.06. The van der Waals surface area contributed by atoms with Gasteiger partial charge in [0.15, 0.2) is 5.03 Å². The Morgan fingerprint density at radius 1 is 1.43 bits per heavy atom. The molecule has 0 atom stereocenters. The van der Waals surface area contributed by atoms with E-state index in [1.807, 2.05) is 0 Å². The summed E-state index contributed by atoms with van der Waals surface area (Å²) in [7, 11) is -0.951. The summed E-state index contributed by atoms with van der Waals surface area (Å²) in [6.07, 6.45) is 1.38. The standard InChI is InChI=1S/C12H15N5O3S/c1-17-10(6-7-15-17)21(18,19)16-11-8(12(13)14)4-3-5-9(11)20-2/h3-7,16H,1-2H3,(H3,13,14). The number of nitrogens with one attached hydrogen (secondary N) is 2. The fourth-order valence-electron chi connectivity index (χ4n) is 1.84. The van der Waals surface area contributed by atoms with Crippen LogP contribution in [0.3, 0.4) is 0 Å². The van der Waals surface area contributed by atoms with Crippen LogP contribution in [-0.4, -0.2) is 31.1 Å². The number of benzene rings is 1. The molecule has 2 rings (SSSR count). The first kappa shape index (κ1) is 14.9. The Balaban J connectivity index is 2.53. The molecule has 1 aromatic carbocycles. The molecule has 0 spiro atoms. The van der Waals surface area contributed by atoms with Gasteiger partial charge in [-0.1, -0.05) is 6.07 Å². The van der Waals surface area contributed by atoms with E-state index in [0.29, 0.717) is 0 Å². The number of aryl methyl sites for hydroxylation is 1. The van der Waals surface area contributed by atoms with Crippen molar-refractivity contribution >= 4 is 21.5 Å². The van der Waals surface area contributed by atoms with Crippen LogP contribution < -0.4 is 15.2 Å². The zero-order valence-electron chi connectivity index (χ0n) is 11.5. The van der Waals surface area contributed by atoms with Gasteiger partial charge in [-0.3, -0.25) is 14.8 Å². The Morgan fingerprint density at radius 3 is 2.67 bits per heavy atom. The minimum absolute atomic E-state index is 0.0112. The number of hydrogen-bond donors (Lipinski definition) is 3. The van der Waals surface area contributed by atoms with E-state index in [1.165, 1.54) is 37.2 Å². The fraction of sp³-hybridized carbons (Fsp3) is 0.167. The van der Waals surface area contributed by atoms with E-state index in [-0.39, 0.29) is 27.9 Å². The van der Waals surface area contributed by atoms with Crippen LogP contribution in [0, 0.1) is 5.41 Å². The van der Waals surface area contributed by atoms with E-state index in [9.17, 15) is 8.42 Å². The average molecular weight is 309 g/mol. The van der Waals surface area contributed by atoms with Crippen molar-refractivity contribution in [1.82, 2.24) is 9.78 Å². The molecule has 0 fully saturated rings. The van der Waals surface area contributed by atoms with Crippen LogP contribution in [0.15, 0.2) is 35.5 Å². The van der Waals surface area contributed by atoms with E-state index in [1.54, 1.807) is 12.1 Å². The Morgan fingerprint density at radius 2 is 2.14 bits per heavy atom. The average Bonchev–Trinajstić information content (AvgIpc) is 2.85. The van der Waals surface area contributed by atoms with Crippen LogP contribution in [0.1, 0.15) is 5.56 Å². The van der Waals surface area contributed by atoms with Gasteiger partial charge in [0.25, 0.3) is 10.0 Å². The quantitative estimate of drug-likeness (QED) is 0.548. The largest absolute Gasteiger partial charge is 0.495 e. The van der Waals surface area contributed by atoms with Crippen molar-refractivity contribution in [1.29, 1.82) is 5.41 Å². The van der Waals surface area contributed by atoms with Crippen molar-refractivity contribution in [3.8, 4) is 5.75 Å². The van der Waals surface area contributed by atoms with E-state index in [2.05, 4.69) is 9.82 Å². The van der Waals surface area contributed by atoms with Crippen LogP contribution >= 0.6 is 0 Å². The van der Waals surface area contributed by atoms with Crippen molar-refractivity contribution in [3.63, 3.8) is 0 Å². The third-order valence-electron chi connectivity index (χ3n) is 2.82. The molecule has 0 saturated heterocycles. The number of ether oxygens (including phenoxy) is 1. The molecule has 0 bridgehead atoms.